The minimum Gasteiger partial charge on any atom is -0.369 e. The van der Waals surface area contributed by atoms with Gasteiger partial charge in [-0.15, -0.1) is 0 Å². The smallest absolute Gasteiger partial charge is 0.166 e. The highest BCUT2D eigenvalue weighted by Crippen LogP contribution is 2.11. The van der Waals surface area contributed by atoms with E-state index in [1.54, 1.807) is 0 Å². The molecule has 0 saturated heterocycles. The summed E-state index contributed by atoms with van der Waals surface area (Å²) in [4.78, 5) is 13.6. The first kappa shape index (κ1) is 15.5. The second-order valence-corrected chi connectivity index (χ2v) is 4.79. The van der Waals surface area contributed by atoms with Crippen molar-refractivity contribution in [1.82, 2.24) is 4.90 Å². The molecule has 0 unspecified atom stereocenters. The van der Waals surface area contributed by atoms with Crippen molar-refractivity contribution in [2.75, 3.05) is 13.1 Å². The van der Waals surface area contributed by atoms with Crippen LogP contribution in [-0.4, -0.2) is 24.3 Å². The fourth-order valence-electron chi connectivity index (χ4n) is 1.99. The molecule has 0 aliphatic heterocycles. The van der Waals surface area contributed by atoms with Gasteiger partial charge in [0.05, 0.1) is 5.70 Å². The monoisotopic (exact) mass is 259 g/mol. The quantitative estimate of drug-likeness (QED) is 0.491. The average Bonchev–Trinajstić information content (AvgIpc) is 2.46. The van der Waals surface area contributed by atoms with Gasteiger partial charge in [-0.1, -0.05) is 57.0 Å². The second-order valence-electron chi connectivity index (χ2n) is 4.79. The van der Waals surface area contributed by atoms with Crippen molar-refractivity contribution in [3.05, 3.63) is 41.6 Å². The number of hydrogen-bond donors (Lipinski definition) is 0. The summed E-state index contributed by atoms with van der Waals surface area (Å²) < 4.78 is 0. The molecule has 0 heterocycles. The Morgan fingerprint density at radius 3 is 2.11 bits per heavy atom. The van der Waals surface area contributed by atoms with E-state index < -0.39 is 0 Å². The molecule has 0 aliphatic rings. The minimum absolute atomic E-state index is 0.799. The molecule has 0 spiro atoms. The van der Waals surface area contributed by atoms with E-state index in [0.29, 0.717) is 0 Å². The summed E-state index contributed by atoms with van der Waals surface area (Å²) >= 11 is 0. The van der Waals surface area contributed by atoms with Crippen LogP contribution in [0.25, 0.3) is 6.08 Å². The zero-order chi connectivity index (χ0) is 13.9. The van der Waals surface area contributed by atoms with Crippen molar-refractivity contribution in [1.29, 1.82) is 0 Å². The number of rotatable bonds is 9. The number of allylic oxidation sites excluding steroid dienone is 1. The predicted molar refractivity (Wildman–Crippen MR) is 81.9 cm³/mol. The van der Waals surface area contributed by atoms with Crippen molar-refractivity contribution < 1.29 is 4.79 Å². The van der Waals surface area contributed by atoms with Crippen LogP contribution in [0.1, 0.15) is 45.1 Å². The van der Waals surface area contributed by atoms with Gasteiger partial charge < -0.3 is 4.90 Å². The molecule has 104 valence electrons. The summed E-state index contributed by atoms with van der Waals surface area (Å²) in [6.45, 7) is 6.29. The summed E-state index contributed by atoms with van der Waals surface area (Å²) in [5.74, 6) is 0. The first-order valence-electron chi connectivity index (χ1n) is 7.28. The molecule has 1 aromatic rings. The molecule has 0 atom stereocenters. The van der Waals surface area contributed by atoms with Crippen LogP contribution in [-0.2, 0) is 4.79 Å². The Kier molecular flexibility index (Phi) is 7.64. The van der Waals surface area contributed by atoms with E-state index in [2.05, 4.69) is 18.7 Å². The first-order chi connectivity index (χ1) is 9.31. The molecular formula is C17H25NO. The Labute approximate surface area is 117 Å². The summed E-state index contributed by atoms with van der Waals surface area (Å²) in [5, 5.41) is 0. The molecule has 0 radical (unpaired) electrons. The zero-order valence-electron chi connectivity index (χ0n) is 12.1. The van der Waals surface area contributed by atoms with Gasteiger partial charge in [0.2, 0.25) is 0 Å². The number of unbranched alkanes of at least 4 members (excludes halogenated alkanes) is 2. The molecule has 0 fully saturated rings. The molecule has 0 bridgehead atoms. The lowest BCUT2D eigenvalue weighted by Gasteiger charge is -2.24. The Bertz CT molecular complexity index is 376. The van der Waals surface area contributed by atoms with Gasteiger partial charge in [-0.25, -0.2) is 0 Å². The van der Waals surface area contributed by atoms with Gasteiger partial charge in [0.1, 0.15) is 0 Å². The molecule has 0 saturated carbocycles. The van der Waals surface area contributed by atoms with Gasteiger partial charge in [-0.3, -0.25) is 4.79 Å². The summed E-state index contributed by atoms with van der Waals surface area (Å²) in [5.41, 5.74) is 1.88. The third kappa shape index (κ3) is 5.73. The van der Waals surface area contributed by atoms with Gasteiger partial charge in [0.25, 0.3) is 0 Å². The first-order valence-corrected chi connectivity index (χ1v) is 7.28. The van der Waals surface area contributed by atoms with Crippen LogP contribution in [0.5, 0.6) is 0 Å². The summed E-state index contributed by atoms with van der Waals surface area (Å²) in [6, 6.07) is 10.0. The zero-order valence-corrected chi connectivity index (χ0v) is 12.1. The maximum atomic E-state index is 11.4. The van der Waals surface area contributed by atoms with Crippen LogP contribution >= 0.6 is 0 Å². The van der Waals surface area contributed by atoms with Gasteiger partial charge in [0.15, 0.2) is 6.29 Å². The Hall–Kier alpha value is -1.57. The highest BCUT2D eigenvalue weighted by Gasteiger charge is 2.07. The van der Waals surface area contributed by atoms with E-state index in [1.165, 1.54) is 0 Å². The summed E-state index contributed by atoms with van der Waals surface area (Å²) in [6.07, 6.45) is 7.53. The lowest BCUT2D eigenvalue weighted by Crippen LogP contribution is -2.26. The Balaban J connectivity index is 2.82. The molecule has 1 aromatic carbocycles. The van der Waals surface area contributed by atoms with Gasteiger partial charge in [0, 0.05) is 13.1 Å². The van der Waals surface area contributed by atoms with Gasteiger partial charge in [-0.2, -0.15) is 0 Å². The number of aldehydes is 1. The standard InChI is InChI=1S/C17H25NO/c1-3-5-12-18(13-6-4-2)17(15-19)14-16-10-8-7-9-11-16/h7-11,14-15H,3-6,12-13H2,1-2H3. The lowest BCUT2D eigenvalue weighted by molar-refractivity contribution is -0.106. The number of carbonyl (C=O) groups is 1. The molecule has 2 heteroatoms. The normalized spacial score (nSPS) is 11.4. The SMILES string of the molecule is CCCCN(CCCC)C(C=O)=Cc1ccccc1. The maximum absolute atomic E-state index is 11.4. The van der Waals surface area contributed by atoms with Crippen LogP contribution in [0.3, 0.4) is 0 Å². The van der Waals surface area contributed by atoms with Crippen molar-refractivity contribution in [2.45, 2.75) is 39.5 Å². The highest BCUT2D eigenvalue weighted by molar-refractivity contribution is 5.80. The van der Waals surface area contributed by atoms with Crippen LogP contribution in [0, 0.1) is 0 Å². The molecule has 0 aliphatic carbocycles. The van der Waals surface area contributed by atoms with Crippen molar-refractivity contribution in [3.8, 4) is 0 Å². The summed E-state index contributed by atoms with van der Waals surface area (Å²) in [7, 11) is 0. The number of hydrogen-bond acceptors (Lipinski definition) is 2. The van der Waals surface area contributed by atoms with Crippen LogP contribution in [0.2, 0.25) is 0 Å². The van der Waals surface area contributed by atoms with E-state index in [1.807, 2.05) is 36.4 Å². The minimum atomic E-state index is 0.799. The molecule has 19 heavy (non-hydrogen) atoms. The maximum Gasteiger partial charge on any atom is 0.166 e. The molecule has 2 nitrogen and oxygen atoms in total. The van der Waals surface area contributed by atoms with Crippen LogP contribution in [0.15, 0.2) is 36.0 Å². The fourth-order valence-corrected chi connectivity index (χ4v) is 1.99. The fraction of sp³-hybridized carbons (Fsp3) is 0.471. The largest absolute Gasteiger partial charge is 0.369 e. The highest BCUT2D eigenvalue weighted by atomic mass is 16.1. The number of carbonyl (C=O) groups excluding carboxylic acids is 1. The molecule has 0 amide bonds. The van der Waals surface area contributed by atoms with Gasteiger partial charge in [-0.05, 0) is 24.5 Å². The number of nitrogens with zero attached hydrogens (tertiary/aromatic N) is 1. The van der Waals surface area contributed by atoms with Crippen LogP contribution < -0.4 is 0 Å². The average molecular weight is 259 g/mol. The van der Waals surface area contributed by atoms with Gasteiger partial charge >= 0.3 is 0 Å². The topological polar surface area (TPSA) is 20.3 Å². The molecule has 0 N–H and O–H groups in total. The Morgan fingerprint density at radius 2 is 1.63 bits per heavy atom. The third-order valence-corrected chi connectivity index (χ3v) is 3.16. The third-order valence-electron chi connectivity index (χ3n) is 3.16. The van der Waals surface area contributed by atoms with E-state index in [-0.39, 0.29) is 0 Å². The van der Waals surface area contributed by atoms with E-state index in [9.17, 15) is 4.79 Å². The molecular weight excluding hydrogens is 234 g/mol. The van der Waals surface area contributed by atoms with E-state index in [0.717, 1.165) is 56.3 Å². The number of benzene rings is 1. The molecule has 0 aromatic heterocycles. The van der Waals surface area contributed by atoms with Crippen molar-refractivity contribution >= 4 is 12.4 Å². The second kappa shape index (κ2) is 9.37. The lowest BCUT2D eigenvalue weighted by atomic mass is 10.1. The predicted octanol–water partition coefficient (Wildman–Crippen LogP) is 4.13. The van der Waals surface area contributed by atoms with Crippen LogP contribution in [0.4, 0.5) is 0 Å². The Morgan fingerprint density at radius 1 is 1.05 bits per heavy atom. The molecule has 1 rings (SSSR count). The van der Waals surface area contributed by atoms with Crippen molar-refractivity contribution in [2.24, 2.45) is 0 Å². The van der Waals surface area contributed by atoms with E-state index in [4.69, 9.17) is 0 Å². The van der Waals surface area contributed by atoms with Crippen molar-refractivity contribution in [3.63, 3.8) is 0 Å². The van der Waals surface area contributed by atoms with E-state index >= 15 is 0 Å².